The summed E-state index contributed by atoms with van der Waals surface area (Å²) >= 11 is 0. The lowest BCUT2D eigenvalue weighted by Gasteiger charge is -2.22. The quantitative estimate of drug-likeness (QED) is 0.904. The van der Waals surface area contributed by atoms with E-state index in [0.717, 1.165) is 11.1 Å². The normalized spacial score (nSPS) is 12.7. The van der Waals surface area contributed by atoms with Crippen LogP contribution >= 0.6 is 0 Å². The van der Waals surface area contributed by atoms with Crippen molar-refractivity contribution in [2.45, 2.75) is 24.8 Å². The minimum absolute atomic E-state index is 0.136. The van der Waals surface area contributed by atoms with E-state index in [4.69, 9.17) is 0 Å². The summed E-state index contributed by atoms with van der Waals surface area (Å²) in [6, 6.07) is 12.8. The third-order valence-corrected chi connectivity index (χ3v) is 5.14. The Morgan fingerprint density at radius 2 is 1.38 bits per heavy atom. The van der Waals surface area contributed by atoms with Gasteiger partial charge in [-0.2, -0.15) is 4.72 Å². The topological polar surface area (TPSA) is 66.5 Å². The smallest absolute Gasteiger partial charge is 0.244 e. The second kappa shape index (κ2) is 7.15. The molecule has 2 rings (SSSR count). The van der Waals surface area contributed by atoms with Crippen molar-refractivity contribution in [3.63, 3.8) is 0 Å². The van der Waals surface area contributed by atoms with Gasteiger partial charge in [-0.05, 0) is 31.5 Å². The summed E-state index contributed by atoms with van der Waals surface area (Å²) in [5.74, 6) is -0.325. The van der Waals surface area contributed by atoms with Crippen molar-refractivity contribution in [1.29, 1.82) is 0 Å². The van der Waals surface area contributed by atoms with Gasteiger partial charge in [0.25, 0.3) is 0 Å². The van der Waals surface area contributed by atoms with Crippen LogP contribution < -0.4 is 4.72 Å². The molecule has 0 spiro atoms. The predicted octanol–water partition coefficient (Wildman–Crippen LogP) is 2.41. The molecule has 0 aromatic heterocycles. The molecule has 0 aliphatic carbocycles. The second-order valence-corrected chi connectivity index (χ2v) is 7.72. The molecule has 128 valence electrons. The van der Waals surface area contributed by atoms with Crippen LogP contribution in [0.1, 0.15) is 22.7 Å². The number of nitrogens with one attached hydrogen (secondary N) is 1. The van der Waals surface area contributed by atoms with Crippen LogP contribution in [0, 0.1) is 13.8 Å². The zero-order valence-electron chi connectivity index (χ0n) is 14.3. The fourth-order valence-electron chi connectivity index (χ4n) is 2.22. The van der Waals surface area contributed by atoms with Crippen molar-refractivity contribution in [3.05, 3.63) is 65.2 Å². The lowest BCUT2D eigenvalue weighted by Crippen LogP contribution is -2.39. The maximum absolute atomic E-state index is 12.6. The Bertz CT molecular complexity index is 810. The van der Waals surface area contributed by atoms with Gasteiger partial charge in [0.2, 0.25) is 15.9 Å². The summed E-state index contributed by atoms with van der Waals surface area (Å²) in [4.78, 5) is 14.0. The molecule has 1 unspecified atom stereocenters. The van der Waals surface area contributed by atoms with Gasteiger partial charge in [-0.3, -0.25) is 4.79 Å². The molecule has 0 bridgehead atoms. The molecule has 0 saturated heterocycles. The lowest BCUT2D eigenvalue weighted by molar-refractivity contribution is -0.130. The van der Waals surface area contributed by atoms with E-state index in [-0.39, 0.29) is 10.8 Å². The minimum Gasteiger partial charge on any atom is -0.347 e. The van der Waals surface area contributed by atoms with E-state index >= 15 is 0 Å². The van der Waals surface area contributed by atoms with Gasteiger partial charge in [0.15, 0.2) is 0 Å². The lowest BCUT2D eigenvalue weighted by atomic mass is 10.1. The number of benzene rings is 2. The van der Waals surface area contributed by atoms with Crippen molar-refractivity contribution in [2.75, 3.05) is 14.1 Å². The van der Waals surface area contributed by atoms with Crippen molar-refractivity contribution in [3.8, 4) is 0 Å². The third-order valence-electron chi connectivity index (χ3n) is 3.70. The highest BCUT2D eigenvalue weighted by atomic mass is 32.2. The van der Waals surface area contributed by atoms with Gasteiger partial charge in [0, 0.05) is 14.1 Å². The molecule has 0 radical (unpaired) electrons. The molecule has 0 saturated carbocycles. The molecule has 0 fully saturated rings. The van der Waals surface area contributed by atoms with Crippen LogP contribution in [0.5, 0.6) is 0 Å². The van der Waals surface area contributed by atoms with Gasteiger partial charge in [0.1, 0.15) is 6.04 Å². The van der Waals surface area contributed by atoms with E-state index in [9.17, 15) is 13.2 Å². The fraction of sp³-hybridized carbons (Fsp3) is 0.278. The van der Waals surface area contributed by atoms with Crippen molar-refractivity contribution in [1.82, 2.24) is 9.62 Å². The number of carbonyl (C=O) groups excluding carboxylic acids is 1. The van der Waals surface area contributed by atoms with E-state index in [1.54, 1.807) is 38.4 Å². The predicted molar refractivity (Wildman–Crippen MR) is 94.1 cm³/mol. The second-order valence-electron chi connectivity index (χ2n) is 6.01. The van der Waals surface area contributed by atoms with Gasteiger partial charge in [-0.15, -0.1) is 0 Å². The largest absolute Gasteiger partial charge is 0.347 e. The molecule has 1 N–H and O–H groups in total. The first-order valence-corrected chi connectivity index (χ1v) is 9.06. The van der Waals surface area contributed by atoms with Crippen LogP contribution in [0.3, 0.4) is 0 Å². The number of aryl methyl sites for hydroxylation is 2. The molecule has 0 heterocycles. The summed E-state index contributed by atoms with van der Waals surface area (Å²) in [6.07, 6.45) is 0. The molecule has 6 heteroatoms. The van der Waals surface area contributed by atoms with Crippen LogP contribution in [-0.2, 0) is 14.8 Å². The van der Waals surface area contributed by atoms with E-state index in [0.29, 0.717) is 5.56 Å². The Morgan fingerprint density at radius 3 is 1.83 bits per heavy atom. The average molecular weight is 346 g/mol. The Morgan fingerprint density at radius 1 is 0.917 bits per heavy atom. The molecular weight excluding hydrogens is 324 g/mol. The number of rotatable bonds is 5. The van der Waals surface area contributed by atoms with Crippen LogP contribution in [0.2, 0.25) is 0 Å². The summed E-state index contributed by atoms with van der Waals surface area (Å²) in [6.45, 7) is 3.82. The number of likely N-dealkylation sites (N-methyl/N-ethyl adjacent to an activating group) is 1. The number of carbonyl (C=O) groups is 1. The number of hydrogen-bond donors (Lipinski definition) is 1. The molecule has 2 aromatic carbocycles. The van der Waals surface area contributed by atoms with Crippen molar-refractivity contribution in [2.24, 2.45) is 0 Å². The van der Waals surface area contributed by atoms with Crippen LogP contribution in [0.15, 0.2) is 53.4 Å². The summed E-state index contributed by atoms with van der Waals surface area (Å²) in [7, 11) is -0.609. The van der Waals surface area contributed by atoms with E-state index < -0.39 is 16.1 Å². The highest BCUT2D eigenvalue weighted by Crippen LogP contribution is 2.20. The average Bonchev–Trinajstić information content (AvgIpc) is 2.53. The van der Waals surface area contributed by atoms with Crippen molar-refractivity contribution >= 4 is 15.9 Å². The monoisotopic (exact) mass is 346 g/mol. The van der Waals surface area contributed by atoms with Crippen LogP contribution in [0.25, 0.3) is 0 Å². The maximum Gasteiger partial charge on any atom is 0.244 e. The standard InChI is InChI=1S/C18H22N2O3S/c1-13-5-9-15(10-6-13)17(18(21)20(3)4)19-24(22,23)16-11-7-14(2)8-12-16/h5-12,17,19H,1-4H3. The Kier molecular flexibility index (Phi) is 5.41. The SMILES string of the molecule is Cc1ccc(C(NS(=O)(=O)c2ccc(C)cc2)C(=O)N(C)C)cc1. The number of nitrogens with zero attached hydrogens (tertiary/aromatic N) is 1. The Labute approximate surface area is 143 Å². The van der Waals surface area contributed by atoms with Gasteiger partial charge >= 0.3 is 0 Å². The van der Waals surface area contributed by atoms with E-state index in [1.165, 1.54) is 17.0 Å². The first kappa shape index (κ1) is 18.2. The number of hydrogen-bond acceptors (Lipinski definition) is 3. The zero-order valence-corrected chi connectivity index (χ0v) is 15.1. The van der Waals surface area contributed by atoms with E-state index in [2.05, 4.69) is 4.72 Å². The maximum atomic E-state index is 12.6. The van der Waals surface area contributed by atoms with Crippen LogP contribution in [0.4, 0.5) is 0 Å². The molecule has 1 atom stereocenters. The first-order chi connectivity index (χ1) is 11.2. The summed E-state index contributed by atoms with van der Waals surface area (Å²) in [5.41, 5.74) is 2.61. The van der Waals surface area contributed by atoms with E-state index in [1.807, 2.05) is 26.0 Å². The van der Waals surface area contributed by atoms with Gasteiger partial charge < -0.3 is 4.90 Å². The molecule has 2 aromatic rings. The minimum atomic E-state index is -3.81. The highest BCUT2D eigenvalue weighted by Gasteiger charge is 2.28. The summed E-state index contributed by atoms with van der Waals surface area (Å²) in [5, 5.41) is 0. The van der Waals surface area contributed by atoms with Gasteiger partial charge in [-0.1, -0.05) is 47.5 Å². The fourth-order valence-corrected chi connectivity index (χ4v) is 3.40. The Balaban J connectivity index is 2.39. The Hall–Kier alpha value is -2.18. The van der Waals surface area contributed by atoms with Gasteiger partial charge in [-0.25, -0.2) is 8.42 Å². The zero-order chi connectivity index (χ0) is 17.9. The highest BCUT2D eigenvalue weighted by molar-refractivity contribution is 7.89. The molecule has 0 aliphatic heterocycles. The first-order valence-electron chi connectivity index (χ1n) is 7.57. The molecule has 5 nitrogen and oxygen atoms in total. The summed E-state index contributed by atoms with van der Waals surface area (Å²) < 4.78 is 27.8. The van der Waals surface area contributed by atoms with Crippen LogP contribution in [-0.4, -0.2) is 33.3 Å². The number of amides is 1. The molecule has 0 aliphatic rings. The molecule has 24 heavy (non-hydrogen) atoms. The van der Waals surface area contributed by atoms with Gasteiger partial charge in [0.05, 0.1) is 4.90 Å². The third kappa shape index (κ3) is 4.21. The van der Waals surface area contributed by atoms with Crippen molar-refractivity contribution < 1.29 is 13.2 Å². The molecule has 1 amide bonds. The molecular formula is C18H22N2O3S. The number of sulfonamides is 1.